The molecular formula is C23H27F3N2O5. The van der Waals surface area contributed by atoms with Crippen LogP contribution in [-0.4, -0.2) is 60.1 Å². The van der Waals surface area contributed by atoms with Crippen molar-refractivity contribution in [2.75, 3.05) is 59.0 Å². The van der Waals surface area contributed by atoms with E-state index in [9.17, 15) is 18.0 Å². The van der Waals surface area contributed by atoms with Crippen molar-refractivity contribution in [3.05, 3.63) is 35.4 Å². The summed E-state index contributed by atoms with van der Waals surface area (Å²) in [6, 6.07) is 5.78. The Labute approximate surface area is 190 Å². The second kappa shape index (κ2) is 10.2. The highest BCUT2D eigenvalue weighted by molar-refractivity contribution is 5.99. The van der Waals surface area contributed by atoms with Crippen LogP contribution in [0.2, 0.25) is 0 Å². The van der Waals surface area contributed by atoms with Gasteiger partial charge in [0.1, 0.15) is 0 Å². The Morgan fingerprint density at radius 1 is 1.03 bits per heavy atom. The maximum Gasteiger partial charge on any atom is 0.417 e. The van der Waals surface area contributed by atoms with E-state index in [1.165, 1.54) is 19.2 Å². The van der Waals surface area contributed by atoms with Gasteiger partial charge in [-0.15, -0.1) is 0 Å². The highest BCUT2D eigenvalue weighted by Crippen LogP contribution is 2.47. The minimum absolute atomic E-state index is 0.302. The molecule has 1 saturated heterocycles. The molecule has 0 aromatic heterocycles. The molecule has 3 aliphatic rings. The molecule has 2 aliphatic carbocycles. The average molecular weight is 468 g/mol. The number of nitrogens with one attached hydrogen (secondary N) is 1. The maximum absolute atomic E-state index is 12.4. The van der Waals surface area contributed by atoms with Crippen molar-refractivity contribution in [1.82, 2.24) is 5.32 Å². The molecule has 0 amide bonds. The van der Waals surface area contributed by atoms with Crippen molar-refractivity contribution in [2.45, 2.75) is 13.1 Å². The summed E-state index contributed by atoms with van der Waals surface area (Å²) in [6.07, 6.45) is -4.17. The van der Waals surface area contributed by atoms with Crippen LogP contribution in [0.4, 0.5) is 18.9 Å². The number of nitrogens with zero attached hydrogens (tertiary/aromatic N) is 1. The van der Waals surface area contributed by atoms with Gasteiger partial charge >= 0.3 is 12.1 Å². The number of rotatable bonds is 6. The normalized spacial score (nSPS) is 14.1. The summed E-state index contributed by atoms with van der Waals surface area (Å²) >= 11 is 0. The van der Waals surface area contributed by atoms with Crippen molar-refractivity contribution in [3.63, 3.8) is 0 Å². The van der Waals surface area contributed by atoms with E-state index < -0.39 is 17.7 Å². The van der Waals surface area contributed by atoms with Crippen LogP contribution in [0.15, 0.2) is 24.3 Å². The van der Waals surface area contributed by atoms with E-state index in [0.29, 0.717) is 40.7 Å². The van der Waals surface area contributed by atoms with Crippen molar-refractivity contribution in [1.29, 1.82) is 0 Å². The number of methoxy groups -OCH3 is 3. The predicted molar refractivity (Wildman–Crippen MR) is 118 cm³/mol. The summed E-state index contributed by atoms with van der Waals surface area (Å²) in [6.45, 7) is 5.27. The average Bonchev–Trinajstić information content (AvgIpc) is 3.45. The molecule has 1 aromatic carbocycles. The summed E-state index contributed by atoms with van der Waals surface area (Å²) in [5.74, 6) is 0.986. The number of ether oxygens (including phenoxy) is 4. The van der Waals surface area contributed by atoms with E-state index in [2.05, 4.69) is 10.2 Å². The Balaban J connectivity index is 0.000000252. The van der Waals surface area contributed by atoms with Crippen LogP contribution < -0.4 is 24.4 Å². The van der Waals surface area contributed by atoms with Crippen molar-refractivity contribution in [2.24, 2.45) is 0 Å². The molecule has 0 bridgehead atoms. The first-order valence-electron chi connectivity index (χ1n) is 10.4. The molecule has 0 atom stereocenters. The molecule has 180 valence electrons. The van der Waals surface area contributed by atoms with Gasteiger partial charge in [0.2, 0.25) is 5.75 Å². The molecule has 1 aromatic rings. The number of benzene rings is 2. The molecule has 1 N–H and O–H groups in total. The van der Waals surface area contributed by atoms with Gasteiger partial charge in [0, 0.05) is 32.2 Å². The van der Waals surface area contributed by atoms with E-state index in [0.717, 1.165) is 37.8 Å². The molecule has 0 spiro atoms. The molecule has 1 fully saturated rings. The van der Waals surface area contributed by atoms with E-state index >= 15 is 0 Å². The minimum atomic E-state index is -4.17. The molecule has 4 rings (SSSR count). The molecule has 33 heavy (non-hydrogen) atoms. The largest absolute Gasteiger partial charge is 0.493 e. The van der Waals surface area contributed by atoms with Crippen LogP contribution in [-0.2, 0) is 10.9 Å². The molecule has 10 heteroatoms. The van der Waals surface area contributed by atoms with Gasteiger partial charge in [-0.25, -0.2) is 4.79 Å². The Morgan fingerprint density at radius 2 is 1.70 bits per heavy atom. The SMILES string of the molecule is CCOC(=O)c1cc(OC)c(OC)c(OC)c1N1CCNCC1.FC(F)(F)c1ccc2cc1-2. The fraction of sp³-hybridized carbons (Fsp3) is 0.435. The van der Waals surface area contributed by atoms with E-state index in [-0.39, 0.29) is 0 Å². The smallest absolute Gasteiger partial charge is 0.417 e. The zero-order chi connectivity index (χ0) is 24.2. The highest BCUT2D eigenvalue weighted by Gasteiger charge is 2.37. The van der Waals surface area contributed by atoms with Gasteiger partial charge < -0.3 is 29.2 Å². The van der Waals surface area contributed by atoms with Crippen LogP contribution in [0.1, 0.15) is 22.8 Å². The van der Waals surface area contributed by atoms with Gasteiger partial charge in [-0.1, -0.05) is 6.07 Å². The van der Waals surface area contributed by atoms with Crippen LogP contribution >= 0.6 is 0 Å². The van der Waals surface area contributed by atoms with Crippen molar-refractivity contribution >= 4 is 11.7 Å². The summed E-state index contributed by atoms with van der Waals surface area (Å²) < 4.78 is 57.2. The third-order valence-electron chi connectivity index (χ3n) is 5.29. The summed E-state index contributed by atoms with van der Waals surface area (Å²) in [4.78, 5) is 14.5. The Kier molecular flexibility index (Phi) is 7.57. The predicted octanol–water partition coefficient (Wildman–Crippen LogP) is 3.98. The second-order valence-electron chi connectivity index (χ2n) is 7.26. The Morgan fingerprint density at radius 3 is 2.12 bits per heavy atom. The number of esters is 1. The summed E-state index contributed by atoms with van der Waals surface area (Å²) in [5.41, 5.74) is 1.70. The number of hydrogen-bond donors (Lipinski definition) is 1. The van der Waals surface area contributed by atoms with E-state index in [1.54, 1.807) is 27.2 Å². The van der Waals surface area contributed by atoms with Gasteiger partial charge in [-0.3, -0.25) is 0 Å². The number of carbonyl (C=O) groups is 1. The zero-order valence-corrected chi connectivity index (χ0v) is 19.0. The molecule has 1 heterocycles. The van der Waals surface area contributed by atoms with E-state index in [1.807, 2.05) is 0 Å². The molecular weight excluding hydrogens is 441 g/mol. The molecule has 0 saturated carbocycles. The Hall–Kier alpha value is -3.14. The number of piperazine rings is 1. The van der Waals surface area contributed by atoms with Gasteiger partial charge in [0.15, 0.2) is 11.5 Å². The zero-order valence-electron chi connectivity index (χ0n) is 19.0. The van der Waals surface area contributed by atoms with Crippen LogP contribution in [0, 0.1) is 0 Å². The van der Waals surface area contributed by atoms with Crippen LogP contribution in [0.3, 0.4) is 0 Å². The first kappa shape index (κ1) is 24.5. The minimum Gasteiger partial charge on any atom is -0.493 e. The summed E-state index contributed by atoms with van der Waals surface area (Å²) in [5, 5.41) is 3.29. The van der Waals surface area contributed by atoms with Crippen LogP contribution in [0.5, 0.6) is 17.2 Å². The molecule has 7 nitrogen and oxygen atoms in total. The lowest BCUT2D eigenvalue weighted by molar-refractivity contribution is -0.136. The lowest BCUT2D eigenvalue weighted by Gasteiger charge is -2.32. The third-order valence-corrected chi connectivity index (χ3v) is 5.29. The van der Waals surface area contributed by atoms with Crippen molar-refractivity contribution in [3.8, 4) is 28.4 Å². The highest BCUT2D eigenvalue weighted by atomic mass is 19.4. The van der Waals surface area contributed by atoms with E-state index in [4.69, 9.17) is 18.9 Å². The molecule has 1 aliphatic heterocycles. The van der Waals surface area contributed by atoms with Crippen molar-refractivity contribution < 1.29 is 36.9 Å². The lowest BCUT2D eigenvalue weighted by atomic mass is 10.1. The number of fused-ring (bicyclic) bond motifs is 1. The third kappa shape index (κ3) is 5.27. The topological polar surface area (TPSA) is 69.3 Å². The molecule has 0 unspecified atom stereocenters. The first-order chi connectivity index (χ1) is 15.8. The number of hydrogen-bond acceptors (Lipinski definition) is 7. The van der Waals surface area contributed by atoms with Gasteiger partial charge in [-0.2, -0.15) is 13.2 Å². The summed E-state index contributed by atoms with van der Waals surface area (Å²) in [7, 11) is 4.63. The molecule has 0 radical (unpaired) electrons. The van der Waals surface area contributed by atoms with Gasteiger partial charge in [0.25, 0.3) is 0 Å². The Bertz CT molecular complexity index is 1000. The number of halogens is 3. The monoisotopic (exact) mass is 468 g/mol. The second-order valence-corrected chi connectivity index (χ2v) is 7.26. The first-order valence-corrected chi connectivity index (χ1v) is 10.4. The van der Waals surface area contributed by atoms with Gasteiger partial charge in [0.05, 0.1) is 44.8 Å². The van der Waals surface area contributed by atoms with Crippen LogP contribution in [0.25, 0.3) is 11.1 Å². The van der Waals surface area contributed by atoms with Gasteiger partial charge in [-0.05, 0) is 30.2 Å². The fourth-order valence-electron chi connectivity index (χ4n) is 3.71. The number of anilines is 1. The lowest BCUT2D eigenvalue weighted by Crippen LogP contribution is -2.44. The number of alkyl halides is 3. The maximum atomic E-state index is 12.4. The number of carbonyl (C=O) groups excluding carboxylic acids is 1. The fourth-order valence-corrected chi connectivity index (χ4v) is 3.71. The quantitative estimate of drug-likeness (QED) is 0.549. The standard InChI is InChI=1S/C16H24N2O5.C7H3F3/c1-5-23-16(19)11-10-12(20-2)14(21-3)15(22-4)13(11)18-8-6-17-7-9-18;8-7(9,10)6-2-1-4-3-5(4)6/h10,17H,5-9H2,1-4H3;1-3H.